The van der Waals surface area contributed by atoms with Crippen molar-refractivity contribution in [1.82, 2.24) is 5.32 Å². The molecule has 0 radical (unpaired) electrons. The molecule has 2 N–H and O–H groups in total. The van der Waals surface area contributed by atoms with Crippen molar-refractivity contribution in [3.8, 4) is 0 Å². The molecule has 0 heterocycles. The molecule has 0 unspecified atom stereocenters. The molecular formula is C13H19NO2. The van der Waals surface area contributed by atoms with Crippen LogP contribution in [-0.2, 0) is 0 Å². The lowest BCUT2D eigenvalue weighted by Gasteiger charge is -2.22. The van der Waals surface area contributed by atoms with E-state index in [1.54, 1.807) is 12.1 Å². The Hall–Kier alpha value is -1.35. The third-order valence-corrected chi connectivity index (χ3v) is 2.88. The third kappa shape index (κ3) is 3.35. The third-order valence-electron chi connectivity index (χ3n) is 2.88. The van der Waals surface area contributed by atoms with E-state index in [0.717, 1.165) is 6.42 Å². The van der Waals surface area contributed by atoms with E-state index in [4.69, 9.17) is 0 Å². The number of nitrogens with one attached hydrogen (secondary N) is 1. The smallest absolute Gasteiger partial charge is 0.251 e. The largest absolute Gasteiger partial charge is 0.394 e. The Morgan fingerprint density at radius 2 is 2.00 bits per heavy atom. The van der Waals surface area contributed by atoms with Gasteiger partial charge in [-0.15, -0.1) is 0 Å². The number of rotatable bonds is 5. The van der Waals surface area contributed by atoms with Gasteiger partial charge in [-0.1, -0.05) is 38.5 Å². The van der Waals surface area contributed by atoms with E-state index < -0.39 is 0 Å². The standard InChI is InChI=1S/C13H19NO2/c1-3-10(2)12(9-15)14-13(16)11-7-5-4-6-8-11/h4-8,10,12,15H,3,9H2,1-2H3,(H,14,16)/t10-,12+/m0/s1. The SMILES string of the molecule is CC[C@H](C)[C@@H](CO)NC(=O)c1ccccc1. The van der Waals surface area contributed by atoms with E-state index >= 15 is 0 Å². The second-order valence-corrected chi connectivity index (χ2v) is 4.01. The van der Waals surface area contributed by atoms with Crippen molar-refractivity contribution in [2.45, 2.75) is 26.3 Å². The number of amides is 1. The second kappa shape index (κ2) is 6.28. The maximum atomic E-state index is 11.8. The van der Waals surface area contributed by atoms with Crippen molar-refractivity contribution in [1.29, 1.82) is 0 Å². The molecule has 3 nitrogen and oxygen atoms in total. The monoisotopic (exact) mass is 221 g/mol. The summed E-state index contributed by atoms with van der Waals surface area (Å²) in [6, 6.07) is 8.88. The van der Waals surface area contributed by atoms with E-state index in [2.05, 4.69) is 5.32 Å². The summed E-state index contributed by atoms with van der Waals surface area (Å²) in [5.74, 6) is 0.151. The van der Waals surface area contributed by atoms with Gasteiger partial charge in [-0.25, -0.2) is 0 Å². The molecule has 0 bridgehead atoms. The van der Waals surface area contributed by atoms with Gasteiger partial charge in [0.2, 0.25) is 0 Å². The normalized spacial score (nSPS) is 14.2. The lowest BCUT2D eigenvalue weighted by Crippen LogP contribution is -2.41. The predicted molar refractivity (Wildman–Crippen MR) is 64.2 cm³/mol. The molecule has 0 saturated carbocycles. The molecule has 0 saturated heterocycles. The Balaban J connectivity index is 2.63. The Bertz CT molecular complexity index is 324. The molecule has 0 aliphatic heterocycles. The highest BCUT2D eigenvalue weighted by Gasteiger charge is 2.17. The predicted octanol–water partition coefficient (Wildman–Crippen LogP) is 1.82. The summed E-state index contributed by atoms with van der Waals surface area (Å²) < 4.78 is 0. The van der Waals surface area contributed by atoms with E-state index in [9.17, 15) is 9.90 Å². The first-order chi connectivity index (χ1) is 7.69. The summed E-state index contributed by atoms with van der Waals surface area (Å²) in [7, 11) is 0. The van der Waals surface area contributed by atoms with Crippen LogP contribution in [0.5, 0.6) is 0 Å². The zero-order chi connectivity index (χ0) is 12.0. The average molecular weight is 221 g/mol. The highest BCUT2D eigenvalue weighted by atomic mass is 16.3. The summed E-state index contributed by atoms with van der Waals surface area (Å²) >= 11 is 0. The van der Waals surface area contributed by atoms with Crippen LogP contribution in [0, 0.1) is 5.92 Å². The summed E-state index contributed by atoms with van der Waals surface area (Å²) in [6.07, 6.45) is 0.931. The highest BCUT2D eigenvalue weighted by molar-refractivity contribution is 5.94. The van der Waals surface area contributed by atoms with Gasteiger partial charge >= 0.3 is 0 Å². The van der Waals surface area contributed by atoms with Gasteiger partial charge in [0.05, 0.1) is 12.6 Å². The maximum Gasteiger partial charge on any atom is 0.251 e. The van der Waals surface area contributed by atoms with Crippen LogP contribution < -0.4 is 5.32 Å². The zero-order valence-corrected chi connectivity index (χ0v) is 9.81. The molecule has 0 aromatic heterocycles. The number of hydrogen-bond donors (Lipinski definition) is 2. The second-order valence-electron chi connectivity index (χ2n) is 4.01. The van der Waals surface area contributed by atoms with Crippen molar-refractivity contribution in [3.63, 3.8) is 0 Å². The van der Waals surface area contributed by atoms with Crippen LogP contribution in [0.1, 0.15) is 30.6 Å². The molecule has 3 heteroatoms. The van der Waals surface area contributed by atoms with Gasteiger partial charge in [-0.05, 0) is 18.1 Å². The lowest BCUT2D eigenvalue weighted by atomic mass is 9.99. The molecular weight excluding hydrogens is 202 g/mol. The van der Waals surface area contributed by atoms with E-state index in [0.29, 0.717) is 5.56 Å². The number of benzene rings is 1. The Labute approximate surface area is 96.5 Å². The molecule has 88 valence electrons. The van der Waals surface area contributed by atoms with Crippen molar-refractivity contribution < 1.29 is 9.90 Å². The first-order valence-corrected chi connectivity index (χ1v) is 5.65. The molecule has 1 aromatic carbocycles. The van der Waals surface area contributed by atoms with Gasteiger partial charge < -0.3 is 10.4 Å². The van der Waals surface area contributed by atoms with Gasteiger partial charge in [-0.2, -0.15) is 0 Å². The van der Waals surface area contributed by atoms with Crippen molar-refractivity contribution in [3.05, 3.63) is 35.9 Å². The van der Waals surface area contributed by atoms with Crippen LogP contribution in [0.3, 0.4) is 0 Å². The Kier molecular flexibility index (Phi) is 4.99. The molecule has 0 fully saturated rings. The fourth-order valence-electron chi connectivity index (χ4n) is 1.49. The Morgan fingerprint density at radius 3 is 2.50 bits per heavy atom. The minimum absolute atomic E-state index is 0.0203. The zero-order valence-electron chi connectivity index (χ0n) is 9.81. The number of aliphatic hydroxyl groups is 1. The molecule has 1 amide bonds. The minimum atomic E-state index is -0.169. The van der Waals surface area contributed by atoms with E-state index in [1.165, 1.54) is 0 Å². The summed E-state index contributed by atoms with van der Waals surface area (Å²) in [5.41, 5.74) is 0.629. The topological polar surface area (TPSA) is 49.3 Å². The molecule has 1 rings (SSSR count). The highest BCUT2D eigenvalue weighted by Crippen LogP contribution is 2.08. The van der Waals surface area contributed by atoms with Crippen LogP contribution in [-0.4, -0.2) is 23.7 Å². The first-order valence-electron chi connectivity index (χ1n) is 5.65. The van der Waals surface area contributed by atoms with E-state index in [1.807, 2.05) is 32.0 Å². The lowest BCUT2D eigenvalue weighted by molar-refractivity contribution is 0.0891. The molecule has 1 aromatic rings. The maximum absolute atomic E-state index is 11.8. The quantitative estimate of drug-likeness (QED) is 0.797. The molecule has 0 aliphatic carbocycles. The summed E-state index contributed by atoms with van der Waals surface area (Å²) in [4.78, 5) is 11.8. The van der Waals surface area contributed by atoms with Crippen molar-refractivity contribution in [2.75, 3.05) is 6.61 Å². The van der Waals surface area contributed by atoms with Gasteiger partial charge in [0.15, 0.2) is 0 Å². The average Bonchev–Trinajstić information content (AvgIpc) is 2.35. The number of carbonyl (C=O) groups excluding carboxylic acids is 1. The fourth-order valence-corrected chi connectivity index (χ4v) is 1.49. The number of hydrogen-bond acceptors (Lipinski definition) is 2. The van der Waals surface area contributed by atoms with Crippen LogP contribution >= 0.6 is 0 Å². The fraction of sp³-hybridized carbons (Fsp3) is 0.462. The van der Waals surface area contributed by atoms with Crippen LogP contribution in [0.25, 0.3) is 0 Å². The van der Waals surface area contributed by atoms with Crippen molar-refractivity contribution in [2.24, 2.45) is 5.92 Å². The van der Waals surface area contributed by atoms with Gasteiger partial charge in [0.1, 0.15) is 0 Å². The van der Waals surface area contributed by atoms with Crippen molar-refractivity contribution >= 4 is 5.91 Å². The van der Waals surface area contributed by atoms with Crippen LogP contribution in [0.2, 0.25) is 0 Å². The molecule has 2 atom stereocenters. The summed E-state index contributed by atoms with van der Waals surface area (Å²) in [5, 5.41) is 12.1. The van der Waals surface area contributed by atoms with Crippen LogP contribution in [0.4, 0.5) is 0 Å². The van der Waals surface area contributed by atoms with Gasteiger partial charge in [0.25, 0.3) is 5.91 Å². The number of aliphatic hydroxyl groups excluding tert-OH is 1. The molecule has 0 aliphatic rings. The Morgan fingerprint density at radius 1 is 1.38 bits per heavy atom. The first kappa shape index (κ1) is 12.7. The van der Waals surface area contributed by atoms with Gasteiger partial charge in [-0.3, -0.25) is 4.79 Å². The van der Waals surface area contributed by atoms with Crippen LogP contribution in [0.15, 0.2) is 30.3 Å². The molecule has 16 heavy (non-hydrogen) atoms. The molecule has 0 spiro atoms. The minimum Gasteiger partial charge on any atom is -0.394 e. The number of carbonyl (C=O) groups is 1. The van der Waals surface area contributed by atoms with E-state index in [-0.39, 0.29) is 24.5 Å². The van der Waals surface area contributed by atoms with Gasteiger partial charge in [0, 0.05) is 5.56 Å². The summed E-state index contributed by atoms with van der Waals surface area (Å²) in [6.45, 7) is 4.04.